The van der Waals surface area contributed by atoms with E-state index in [2.05, 4.69) is 20.9 Å². The summed E-state index contributed by atoms with van der Waals surface area (Å²) in [7, 11) is 0. The Kier molecular flexibility index (Phi) is 8.04. The average Bonchev–Trinajstić information content (AvgIpc) is 3.75. The van der Waals surface area contributed by atoms with Crippen molar-refractivity contribution in [3.63, 3.8) is 0 Å². The fourth-order valence-electron chi connectivity index (χ4n) is 8.01. The van der Waals surface area contributed by atoms with Crippen molar-refractivity contribution in [3.05, 3.63) is 198 Å². The van der Waals surface area contributed by atoms with Crippen LogP contribution in [-0.2, 0) is 0 Å². The molecule has 4 heterocycles. The normalized spacial score (nSPS) is 12.1. The van der Waals surface area contributed by atoms with E-state index in [1.807, 2.05) is 132 Å². The van der Waals surface area contributed by atoms with Gasteiger partial charge in [-0.3, -0.25) is 19.6 Å². The molecular formula is C50H28N6O2. The number of hydrogen-bond acceptors (Lipinski definition) is 5. The predicted octanol–water partition coefficient (Wildman–Crippen LogP) is 11.5. The average molecular weight is 745 g/mol. The van der Waals surface area contributed by atoms with Crippen molar-refractivity contribution in [3.8, 4) is 56.3 Å². The third kappa shape index (κ3) is 5.52. The van der Waals surface area contributed by atoms with Gasteiger partial charge in [-0.2, -0.15) is 5.26 Å². The number of benzene rings is 6. The fraction of sp³-hybridized carbons (Fsp3) is 0. The molecule has 0 bridgehead atoms. The molecule has 0 radical (unpaired) electrons. The summed E-state index contributed by atoms with van der Waals surface area (Å²) in [5, 5.41) is 11.5. The van der Waals surface area contributed by atoms with Crippen molar-refractivity contribution >= 4 is 45.0 Å². The van der Waals surface area contributed by atoms with Gasteiger partial charge in [0.2, 0.25) is 5.69 Å². The molecule has 1 aliphatic heterocycles. The number of amides is 2. The van der Waals surface area contributed by atoms with E-state index in [0.29, 0.717) is 28.2 Å². The second kappa shape index (κ2) is 13.7. The zero-order valence-electron chi connectivity index (χ0n) is 30.7. The van der Waals surface area contributed by atoms with Gasteiger partial charge in [-0.05, 0) is 81.9 Å². The second-order valence-electron chi connectivity index (χ2n) is 14.0. The minimum Gasteiger partial charge on any atom is -0.308 e. The Hall–Kier alpha value is -8.46. The number of nitriles is 1. The number of carbonyl (C=O) groups is 2. The molecule has 3 aromatic heterocycles. The maximum atomic E-state index is 15.1. The van der Waals surface area contributed by atoms with Crippen LogP contribution in [0.15, 0.2) is 170 Å². The van der Waals surface area contributed by atoms with E-state index in [1.54, 1.807) is 30.6 Å². The molecule has 10 rings (SSSR count). The van der Waals surface area contributed by atoms with Gasteiger partial charge in [-0.15, -0.1) is 0 Å². The summed E-state index contributed by atoms with van der Waals surface area (Å²) in [6, 6.07) is 49.0. The van der Waals surface area contributed by atoms with Gasteiger partial charge in [0, 0.05) is 46.7 Å². The quantitative estimate of drug-likeness (QED) is 0.125. The van der Waals surface area contributed by atoms with Crippen LogP contribution in [0.5, 0.6) is 0 Å². The highest BCUT2D eigenvalue weighted by Gasteiger charge is 2.40. The van der Waals surface area contributed by atoms with Crippen LogP contribution in [0.4, 0.5) is 11.4 Å². The Labute approximate surface area is 333 Å². The van der Waals surface area contributed by atoms with E-state index in [1.165, 1.54) is 17.3 Å². The Balaban J connectivity index is 1.20. The van der Waals surface area contributed by atoms with Crippen LogP contribution < -0.4 is 4.90 Å². The molecule has 0 N–H and O–H groups in total. The van der Waals surface area contributed by atoms with Gasteiger partial charge in [0.15, 0.2) is 0 Å². The first kappa shape index (κ1) is 34.1. The zero-order valence-corrected chi connectivity index (χ0v) is 30.7. The predicted molar refractivity (Wildman–Crippen MR) is 227 cm³/mol. The zero-order chi connectivity index (χ0) is 39.3. The van der Waals surface area contributed by atoms with Gasteiger partial charge >= 0.3 is 0 Å². The van der Waals surface area contributed by atoms with Crippen molar-refractivity contribution in [2.75, 3.05) is 4.90 Å². The van der Waals surface area contributed by atoms with E-state index >= 15 is 4.79 Å². The van der Waals surface area contributed by atoms with Crippen LogP contribution >= 0.6 is 0 Å². The van der Waals surface area contributed by atoms with Crippen LogP contribution in [0.25, 0.3) is 76.8 Å². The molecule has 0 saturated heterocycles. The second-order valence-corrected chi connectivity index (χ2v) is 14.0. The first-order chi connectivity index (χ1) is 28.5. The van der Waals surface area contributed by atoms with E-state index in [0.717, 1.165) is 66.3 Å². The maximum Gasteiger partial charge on any atom is 0.268 e. The van der Waals surface area contributed by atoms with Gasteiger partial charge in [0.1, 0.15) is 6.07 Å². The summed E-state index contributed by atoms with van der Waals surface area (Å²) in [4.78, 5) is 43.2. The highest BCUT2D eigenvalue weighted by Crippen LogP contribution is 2.43. The van der Waals surface area contributed by atoms with Crippen molar-refractivity contribution < 1.29 is 9.59 Å². The Morgan fingerprint density at radius 3 is 1.81 bits per heavy atom. The molecule has 2 amide bonds. The number of aromatic nitrogens is 3. The number of fused-ring (bicyclic) bond motifs is 4. The molecule has 0 fully saturated rings. The van der Waals surface area contributed by atoms with Crippen molar-refractivity contribution in [2.24, 2.45) is 0 Å². The number of pyridine rings is 2. The molecule has 0 aliphatic carbocycles. The van der Waals surface area contributed by atoms with E-state index in [-0.39, 0.29) is 5.56 Å². The number of imide groups is 1. The van der Waals surface area contributed by atoms with E-state index in [4.69, 9.17) is 6.57 Å². The molecule has 270 valence electrons. The van der Waals surface area contributed by atoms with Gasteiger partial charge in [-0.1, -0.05) is 97.1 Å². The summed E-state index contributed by atoms with van der Waals surface area (Å²) >= 11 is 0. The Bertz CT molecular complexity index is 3130. The SMILES string of the molecule is [C-]#[N+]c1cncc(-c2ccc3c4ccc(-c5cncc(C#N)c5)cc4n(-c4cccc5c4C(=O)N(c4ccc(-c6ccccc6)cc4-c4ccccc4)C5=O)c3c2)c1. The van der Waals surface area contributed by atoms with Gasteiger partial charge in [-0.25, -0.2) is 9.74 Å². The highest BCUT2D eigenvalue weighted by molar-refractivity contribution is 6.36. The highest BCUT2D eigenvalue weighted by atomic mass is 16.2. The summed E-state index contributed by atoms with van der Waals surface area (Å²) < 4.78 is 2.04. The molecule has 1 aliphatic rings. The third-order valence-corrected chi connectivity index (χ3v) is 10.7. The molecule has 0 atom stereocenters. The number of hydrogen-bond donors (Lipinski definition) is 0. The lowest BCUT2D eigenvalue weighted by Crippen LogP contribution is -2.30. The maximum absolute atomic E-state index is 15.1. The lowest BCUT2D eigenvalue weighted by Gasteiger charge is -2.20. The smallest absolute Gasteiger partial charge is 0.268 e. The van der Waals surface area contributed by atoms with Crippen LogP contribution in [0.1, 0.15) is 26.3 Å². The van der Waals surface area contributed by atoms with Crippen molar-refractivity contribution in [1.82, 2.24) is 14.5 Å². The molecule has 9 aromatic rings. The molecule has 8 nitrogen and oxygen atoms in total. The van der Waals surface area contributed by atoms with Crippen LogP contribution in [0.2, 0.25) is 0 Å². The molecule has 6 aromatic carbocycles. The monoisotopic (exact) mass is 744 g/mol. The topological polar surface area (TPSA) is 96.2 Å². The van der Waals surface area contributed by atoms with Gasteiger partial charge < -0.3 is 4.57 Å². The fourth-order valence-corrected chi connectivity index (χ4v) is 8.01. The molecule has 58 heavy (non-hydrogen) atoms. The molecule has 0 unspecified atom stereocenters. The van der Waals surface area contributed by atoms with Crippen LogP contribution in [0, 0.1) is 17.9 Å². The molecular weight excluding hydrogens is 717 g/mol. The van der Waals surface area contributed by atoms with E-state index in [9.17, 15) is 10.1 Å². The number of anilines is 1. The van der Waals surface area contributed by atoms with Crippen molar-refractivity contribution in [1.29, 1.82) is 5.26 Å². The molecule has 0 spiro atoms. The van der Waals surface area contributed by atoms with E-state index < -0.39 is 11.8 Å². The Morgan fingerprint density at radius 1 is 0.517 bits per heavy atom. The molecule has 0 saturated carbocycles. The third-order valence-electron chi connectivity index (χ3n) is 10.7. The van der Waals surface area contributed by atoms with Gasteiger partial charge in [0.05, 0.1) is 45.7 Å². The van der Waals surface area contributed by atoms with Crippen LogP contribution in [-0.4, -0.2) is 26.3 Å². The minimum atomic E-state index is -0.428. The number of carbonyl (C=O) groups excluding carboxylic acids is 2. The number of nitrogens with zero attached hydrogens (tertiary/aromatic N) is 6. The summed E-state index contributed by atoms with van der Waals surface area (Å²) in [5.74, 6) is -0.836. The summed E-state index contributed by atoms with van der Waals surface area (Å²) in [6.45, 7) is 7.56. The summed E-state index contributed by atoms with van der Waals surface area (Å²) in [5.41, 5.74) is 10.9. The first-order valence-electron chi connectivity index (χ1n) is 18.5. The lowest BCUT2D eigenvalue weighted by molar-refractivity contribution is 0.0926. The number of rotatable bonds is 6. The van der Waals surface area contributed by atoms with Crippen LogP contribution in [0.3, 0.4) is 0 Å². The summed E-state index contributed by atoms with van der Waals surface area (Å²) in [6.07, 6.45) is 6.50. The largest absolute Gasteiger partial charge is 0.308 e. The molecule has 8 heteroatoms. The van der Waals surface area contributed by atoms with Crippen molar-refractivity contribution in [2.45, 2.75) is 0 Å². The van der Waals surface area contributed by atoms with Gasteiger partial charge in [0.25, 0.3) is 11.8 Å². The first-order valence-corrected chi connectivity index (χ1v) is 18.5. The Morgan fingerprint density at radius 2 is 1.14 bits per heavy atom. The lowest BCUT2D eigenvalue weighted by atomic mass is 9.97. The standard InChI is InChI=1S/C50H28N6O2/c1-52-39-22-38(29-54-30-39)36-16-19-41-40-18-15-35(37-21-31(26-51)27-53-28-37)24-46(40)55(47(41)25-36)45-14-8-13-42-48(45)50(58)56(49(42)57)44-20-17-34(32-9-4-2-5-10-32)23-43(44)33-11-6-3-7-12-33/h2-25,27-30H. The minimum absolute atomic E-state index is 0.290.